The van der Waals surface area contributed by atoms with Crippen LogP contribution < -0.4 is 4.72 Å². The number of sulfonamides is 1. The molecule has 0 unspecified atom stereocenters. The van der Waals surface area contributed by atoms with Gasteiger partial charge in [-0.2, -0.15) is 0 Å². The first-order valence-corrected chi connectivity index (χ1v) is 16.6. The summed E-state index contributed by atoms with van der Waals surface area (Å²) in [4.78, 5) is 19.4. The van der Waals surface area contributed by atoms with Crippen LogP contribution in [-0.4, -0.2) is 49.8 Å². The summed E-state index contributed by atoms with van der Waals surface area (Å²) in [5.41, 5.74) is 3.31. The minimum atomic E-state index is -3.97. The summed E-state index contributed by atoms with van der Waals surface area (Å²) in [6.45, 7) is 9.04. The van der Waals surface area contributed by atoms with Crippen molar-refractivity contribution in [2.24, 2.45) is 4.99 Å². The largest absolute Gasteiger partial charge is 0.377 e. The Hall–Kier alpha value is -3.50. The predicted octanol–water partition coefficient (Wildman–Crippen LogP) is 6.83. The van der Waals surface area contributed by atoms with E-state index in [-0.39, 0.29) is 10.7 Å². The molecule has 1 saturated carbocycles. The summed E-state index contributed by atoms with van der Waals surface area (Å²) in [7, 11) is -1.95. The molecule has 1 aliphatic carbocycles. The number of unbranched alkanes of at least 4 members (excludes halogenated alkanes) is 1. The number of aldehydes is 1. The van der Waals surface area contributed by atoms with Crippen molar-refractivity contribution in [3.05, 3.63) is 64.9 Å². The lowest BCUT2D eigenvalue weighted by Gasteiger charge is -2.26. The van der Waals surface area contributed by atoms with Crippen LogP contribution in [0, 0.1) is 13.8 Å². The first kappa shape index (κ1) is 32.4. The van der Waals surface area contributed by atoms with Crippen molar-refractivity contribution in [1.29, 1.82) is 0 Å². The van der Waals surface area contributed by atoms with Crippen molar-refractivity contribution in [1.82, 2.24) is 10.1 Å². The molecule has 0 bridgehead atoms. The maximum Gasteiger partial charge on any atom is 0.263 e. The SMILES string of the molecule is CCCC/C(=N/C1(C=O)CCCC1)N(C)Cc1ccc(-c2ccccc2S(=O)(=O)Nc2noc(C)c2C)c(COCC)c1. The quantitative estimate of drug-likeness (QED) is 0.121. The Bertz CT molecular complexity index is 1540. The number of anilines is 1. The van der Waals surface area contributed by atoms with Crippen molar-refractivity contribution in [3.8, 4) is 11.1 Å². The number of aliphatic imine (C=N–C) groups is 1. The molecule has 43 heavy (non-hydrogen) atoms. The molecule has 1 aliphatic rings. The smallest absolute Gasteiger partial charge is 0.263 e. The maximum absolute atomic E-state index is 13.6. The van der Waals surface area contributed by atoms with Gasteiger partial charge in [-0.05, 0) is 62.8 Å². The number of nitrogens with zero attached hydrogens (tertiary/aromatic N) is 3. The Morgan fingerprint density at radius 1 is 1.14 bits per heavy atom. The standard InChI is InChI=1S/C33H44N4O5S/c1-6-8-15-31(34-33(23-38)18-11-12-19-33)37(5)21-26-16-17-28(27(20-26)22-41-7-2)29-13-9-10-14-30(29)43(39,40)36-32-24(3)25(4)42-35-32/h9-10,13-14,16-17,20,23H,6-8,11-12,15,18-19,21-22H2,1-5H3,(H,35,36)/b34-31-. The molecule has 2 aromatic carbocycles. The van der Waals surface area contributed by atoms with E-state index in [9.17, 15) is 13.2 Å². The van der Waals surface area contributed by atoms with Crippen LogP contribution in [-0.2, 0) is 32.7 Å². The van der Waals surface area contributed by atoms with Crippen LogP contribution in [0.1, 0.15) is 81.2 Å². The molecule has 0 atom stereocenters. The van der Waals surface area contributed by atoms with Crippen molar-refractivity contribution in [2.75, 3.05) is 18.4 Å². The molecule has 4 rings (SSSR count). The van der Waals surface area contributed by atoms with Gasteiger partial charge in [0.1, 0.15) is 23.4 Å². The molecule has 10 heteroatoms. The minimum absolute atomic E-state index is 0.141. The zero-order chi connectivity index (χ0) is 31.0. The van der Waals surface area contributed by atoms with Crippen LogP contribution in [0.5, 0.6) is 0 Å². The fourth-order valence-corrected chi connectivity index (χ4v) is 6.77. The molecule has 0 saturated heterocycles. The van der Waals surface area contributed by atoms with Crippen LogP contribution in [0.25, 0.3) is 11.1 Å². The van der Waals surface area contributed by atoms with E-state index >= 15 is 0 Å². The summed E-state index contributed by atoms with van der Waals surface area (Å²) in [5, 5.41) is 3.88. The third kappa shape index (κ3) is 7.72. The minimum Gasteiger partial charge on any atom is -0.377 e. The van der Waals surface area contributed by atoms with E-state index in [0.717, 1.165) is 73.8 Å². The Morgan fingerprint density at radius 3 is 2.53 bits per heavy atom. The molecule has 1 fully saturated rings. The number of hydrogen-bond donors (Lipinski definition) is 1. The van der Waals surface area contributed by atoms with Gasteiger partial charge in [0.25, 0.3) is 10.0 Å². The zero-order valence-electron chi connectivity index (χ0n) is 26.0. The molecule has 0 spiro atoms. The fourth-order valence-electron chi connectivity index (χ4n) is 5.49. The number of aromatic nitrogens is 1. The first-order chi connectivity index (χ1) is 20.6. The van der Waals surface area contributed by atoms with Gasteiger partial charge in [-0.3, -0.25) is 9.71 Å². The van der Waals surface area contributed by atoms with Gasteiger partial charge in [0, 0.05) is 37.7 Å². The van der Waals surface area contributed by atoms with Gasteiger partial charge in [-0.25, -0.2) is 8.42 Å². The number of ether oxygens (including phenoxy) is 1. The van der Waals surface area contributed by atoms with Crippen molar-refractivity contribution in [3.63, 3.8) is 0 Å². The predicted molar refractivity (Wildman–Crippen MR) is 170 cm³/mol. The fraction of sp³-hybridized carbons (Fsp3) is 0.485. The van der Waals surface area contributed by atoms with E-state index in [2.05, 4.69) is 27.8 Å². The van der Waals surface area contributed by atoms with Crippen LogP contribution in [0.2, 0.25) is 0 Å². The van der Waals surface area contributed by atoms with E-state index in [1.54, 1.807) is 26.0 Å². The lowest BCUT2D eigenvalue weighted by molar-refractivity contribution is -0.112. The molecule has 1 aromatic heterocycles. The molecule has 0 radical (unpaired) electrons. The Morgan fingerprint density at radius 2 is 1.88 bits per heavy atom. The number of nitrogens with one attached hydrogen (secondary N) is 1. The number of carbonyl (C=O) groups is 1. The third-order valence-corrected chi connectivity index (χ3v) is 9.54. The maximum atomic E-state index is 13.6. The number of aryl methyl sites for hydroxylation is 1. The number of carbonyl (C=O) groups excluding carboxylic acids is 1. The second-order valence-electron chi connectivity index (χ2n) is 11.4. The van der Waals surface area contributed by atoms with Crippen molar-refractivity contribution in [2.45, 2.75) is 96.2 Å². The summed E-state index contributed by atoms with van der Waals surface area (Å²) >= 11 is 0. The first-order valence-electron chi connectivity index (χ1n) is 15.1. The topological polar surface area (TPSA) is 114 Å². The average molecular weight is 609 g/mol. The molecular weight excluding hydrogens is 564 g/mol. The highest BCUT2D eigenvalue weighted by Gasteiger charge is 2.34. The van der Waals surface area contributed by atoms with Crippen LogP contribution in [0.3, 0.4) is 0 Å². The van der Waals surface area contributed by atoms with Gasteiger partial charge in [0.2, 0.25) is 0 Å². The van der Waals surface area contributed by atoms with Gasteiger partial charge < -0.3 is 19.0 Å². The monoisotopic (exact) mass is 608 g/mol. The van der Waals surface area contributed by atoms with Gasteiger partial charge in [0.15, 0.2) is 5.82 Å². The Balaban J connectivity index is 1.68. The normalized spacial score (nSPS) is 15.0. The Kier molecular flexibility index (Phi) is 10.8. The van der Waals surface area contributed by atoms with E-state index in [0.29, 0.717) is 36.6 Å². The number of benzene rings is 2. The molecule has 232 valence electrons. The Labute approximate surface area is 255 Å². The summed E-state index contributed by atoms with van der Waals surface area (Å²) < 4.78 is 40.8. The van der Waals surface area contributed by atoms with Gasteiger partial charge in [0.05, 0.1) is 11.5 Å². The highest BCUT2D eigenvalue weighted by molar-refractivity contribution is 7.92. The molecule has 9 nitrogen and oxygen atoms in total. The molecule has 0 aliphatic heterocycles. The van der Waals surface area contributed by atoms with Crippen molar-refractivity contribution >= 4 is 28.0 Å². The summed E-state index contributed by atoms with van der Waals surface area (Å²) in [5.74, 6) is 1.68. The second-order valence-corrected chi connectivity index (χ2v) is 13.0. The number of amidine groups is 1. The van der Waals surface area contributed by atoms with E-state index < -0.39 is 15.6 Å². The van der Waals surface area contributed by atoms with E-state index in [1.807, 2.05) is 38.2 Å². The number of rotatable bonds is 14. The van der Waals surface area contributed by atoms with Crippen molar-refractivity contribution < 1.29 is 22.5 Å². The van der Waals surface area contributed by atoms with E-state index in [4.69, 9.17) is 14.3 Å². The molecular formula is C33H44N4O5S. The summed E-state index contributed by atoms with van der Waals surface area (Å²) in [6.07, 6.45) is 7.57. The van der Waals surface area contributed by atoms with Gasteiger partial charge in [-0.15, -0.1) is 0 Å². The lowest BCUT2D eigenvalue weighted by Crippen LogP contribution is -2.33. The average Bonchev–Trinajstić information content (AvgIpc) is 3.60. The highest BCUT2D eigenvalue weighted by atomic mass is 32.2. The van der Waals surface area contributed by atoms with Gasteiger partial charge in [-0.1, -0.05) is 67.7 Å². The highest BCUT2D eigenvalue weighted by Crippen LogP contribution is 2.34. The molecule has 1 heterocycles. The zero-order valence-corrected chi connectivity index (χ0v) is 26.8. The molecule has 0 amide bonds. The van der Waals surface area contributed by atoms with Crippen LogP contribution in [0.15, 0.2) is 56.9 Å². The summed E-state index contributed by atoms with van der Waals surface area (Å²) in [6, 6.07) is 13.0. The number of hydrogen-bond acceptors (Lipinski definition) is 7. The third-order valence-electron chi connectivity index (χ3n) is 8.14. The lowest BCUT2D eigenvalue weighted by atomic mass is 9.97. The second kappa shape index (κ2) is 14.3. The van der Waals surface area contributed by atoms with Crippen LogP contribution >= 0.6 is 0 Å². The van der Waals surface area contributed by atoms with Gasteiger partial charge >= 0.3 is 0 Å². The molecule has 3 aromatic rings. The van der Waals surface area contributed by atoms with E-state index in [1.165, 1.54) is 0 Å². The molecule has 1 N–H and O–H groups in total. The van der Waals surface area contributed by atoms with Crippen LogP contribution in [0.4, 0.5) is 5.82 Å².